The molecule has 1 aromatic carbocycles. The zero-order valence-electron chi connectivity index (χ0n) is 14.9. The van der Waals surface area contributed by atoms with Crippen molar-refractivity contribution in [1.29, 1.82) is 0 Å². The highest BCUT2D eigenvalue weighted by atomic mass is 79.9. The summed E-state index contributed by atoms with van der Waals surface area (Å²) < 4.78 is 4.09. The van der Waals surface area contributed by atoms with Gasteiger partial charge in [0.05, 0.1) is 23.6 Å². The number of aromatic nitrogens is 2. The van der Waals surface area contributed by atoms with E-state index in [4.69, 9.17) is 10.4 Å². The molecule has 2 N–H and O–H groups in total. The third kappa shape index (κ3) is 6.86. The fourth-order valence-electron chi connectivity index (χ4n) is 2.82. The van der Waals surface area contributed by atoms with Crippen LogP contribution in [0.25, 0.3) is 0 Å². The lowest BCUT2D eigenvalue weighted by atomic mass is 10.1. The molecule has 0 saturated heterocycles. The molecule has 2 aromatic heterocycles. The molecule has 2 heterocycles. The number of nitrogens with zero attached hydrogens (tertiary/aromatic N) is 4. The maximum Gasteiger partial charge on any atom is 0.178 e. The smallest absolute Gasteiger partial charge is 0.178 e. The molecule has 0 aliphatic rings. The van der Waals surface area contributed by atoms with E-state index in [0.717, 1.165) is 24.2 Å². The summed E-state index contributed by atoms with van der Waals surface area (Å²) in [4.78, 5) is 0. The first kappa shape index (κ1) is 23.5. The maximum absolute atomic E-state index is 8.67. The van der Waals surface area contributed by atoms with Crippen molar-refractivity contribution in [2.75, 3.05) is 0 Å². The SMILES string of the molecule is O/N=C/c1ccc[n+](Cc2cccc(C[n+]3cccc(/C=N/O)c3)c2)c1.[Br-].[Br-]. The number of hydrogen-bond acceptors (Lipinski definition) is 4. The molecular weight excluding hydrogens is 488 g/mol. The normalized spacial score (nSPS) is 10.6. The van der Waals surface area contributed by atoms with Gasteiger partial charge in [0, 0.05) is 23.3 Å². The molecular formula is C20H20Br2N4O2. The van der Waals surface area contributed by atoms with Gasteiger partial charge in [0.2, 0.25) is 0 Å². The fourth-order valence-corrected chi connectivity index (χ4v) is 2.82. The topological polar surface area (TPSA) is 72.9 Å². The van der Waals surface area contributed by atoms with Crippen LogP contribution in [0.1, 0.15) is 22.3 Å². The van der Waals surface area contributed by atoms with Crippen LogP contribution in [0.2, 0.25) is 0 Å². The van der Waals surface area contributed by atoms with E-state index in [0.29, 0.717) is 0 Å². The molecule has 0 bridgehead atoms. The van der Waals surface area contributed by atoms with E-state index < -0.39 is 0 Å². The van der Waals surface area contributed by atoms with Gasteiger partial charge in [-0.2, -0.15) is 0 Å². The molecule has 0 spiro atoms. The molecule has 6 nitrogen and oxygen atoms in total. The van der Waals surface area contributed by atoms with Crippen LogP contribution >= 0.6 is 0 Å². The molecule has 0 atom stereocenters. The Labute approximate surface area is 184 Å². The molecule has 0 aliphatic carbocycles. The summed E-state index contributed by atoms with van der Waals surface area (Å²) in [5.74, 6) is 0. The minimum atomic E-state index is 0. The summed E-state index contributed by atoms with van der Waals surface area (Å²) in [6.45, 7) is 1.45. The Morgan fingerprint density at radius 2 is 1.18 bits per heavy atom. The highest BCUT2D eigenvalue weighted by Gasteiger charge is 2.08. The van der Waals surface area contributed by atoms with E-state index >= 15 is 0 Å². The van der Waals surface area contributed by atoms with Crippen LogP contribution in [0.3, 0.4) is 0 Å². The van der Waals surface area contributed by atoms with Gasteiger partial charge in [-0.3, -0.25) is 0 Å². The van der Waals surface area contributed by atoms with Crippen molar-refractivity contribution in [2.24, 2.45) is 10.3 Å². The molecule has 0 amide bonds. The van der Waals surface area contributed by atoms with Crippen molar-refractivity contribution in [2.45, 2.75) is 13.1 Å². The van der Waals surface area contributed by atoms with Crippen molar-refractivity contribution in [3.8, 4) is 0 Å². The predicted molar refractivity (Wildman–Crippen MR) is 96.7 cm³/mol. The Kier molecular flexibility index (Phi) is 10.0. The summed E-state index contributed by atoms with van der Waals surface area (Å²) in [5.41, 5.74) is 4.03. The van der Waals surface area contributed by atoms with Gasteiger partial charge in [0.1, 0.15) is 0 Å². The Balaban J connectivity index is 0.00000196. The van der Waals surface area contributed by atoms with Gasteiger partial charge < -0.3 is 44.4 Å². The first-order chi connectivity index (χ1) is 12.8. The summed E-state index contributed by atoms with van der Waals surface area (Å²) in [5, 5.41) is 23.5. The molecule has 0 unspecified atom stereocenters. The van der Waals surface area contributed by atoms with Crippen molar-refractivity contribution in [3.05, 3.63) is 95.6 Å². The van der Waals surface area contributed by atoms with Crippen molar-refractivity contribution < 1.29 is 53.5 Å². The third-order valence-electron chi connectivity index (χ3n) is 3.90. The van der Waals surface area contributed by atoms with E-state index in [2.05, 4.69) is 28.5 Å². The number of halogens is 2. The minimum Gasteiger partial charge on any atom is -1.00 e. The number of pyridine rings is 2. The fraction of sp³-hybridized carbons (Fsp3) is 0.100. The second-order valence-corrected chi connectivity index (χ2v) is 5.93. The lowest BCUT2D eigenvalue weighted by molar-refractivity contribution is -0.689. The lowest BCUT2D eigenvalue weighted by Crippen LogP contribution is -3.00. The minimum absolute atomic E-state index is 0. The van der Waals surface area contributed by atoms with Crippen molar-refractivity contribution in [3.63, 3.8) is 0 Å². The Morgan fingerprint density at radius 3 is 1.61 bits per heavy atom. The quantitative estimate of drug-likeness (QED) is 0.154. The van der Waals surface area contributed by atoms with Crippen molar-refractivity contribution >= 4 is 12.4 Å². The average molecular weight is 508 g/mol. The molecule has 28 heavy (non-hydrogen) atoms. The van der Waals surface area contributed by atoms with Crippen LogP contribution in [0.15, 0.2) is 83.6 Å². The number of oxime groups is 2. The predicted octanol–water partition coefficient (Wildman–Crippen LogP) is -4.02. The first-order valence-corrected chi connectivity index (χ1v) is 8.18. The van der Waals surface area contributed by atoms with E-state index in [9.17, 15) is 0 Å². The van der Waals surface area contributed by atoms with Crippen LogP contribution in [0.4, 0.5) is 0 Å². The van der Waals surface area contributed by atoms with Crippen LogP contribution in [0, 0.1) is 0 Å². The molecule has 0 fully saturated rings. The van der Waals surface area contributed by atoms with Crippen LogP contribution in [0.5, 0.6) is 0 Å². The summed E-state index contributed by atoms with van der Waals surface area (Å²) in [6, 6.07) is 16.0. The highest BCUT2D eigenvalue weighted by molar-refractivity contribution is 5.78. The lowest BCUT2D eigenvalue weighted by Gasteiger charge is -2.02. The van der Waals surface area contributed by atoms with Gasteiger partial charge in [0.25, 0.3) is 0 Å². The van der Waals surface area contributed by atoms with Gasteiger partial charge in [-0.15, -0.1) is 0 Å². The van der Waals surface area contributed by atoms with Crippen LogP contribution in [-0.2, 0) is 13.1 Å². The van der Waals surface area contributed by atoms with Gasteiger partial charge in [0.15, 0.2) is 37.9 Å². The Morgan fingerprint density at radius 1 is 0.714 bits per heavy atom. The van der Waals surface area contributed by atoms with E-state index in [1.807, 2.05) is 64.3 Å². The second kappa shape index (κ2) is 12.0. The zero-order chi connectivity index (χ0) is 18.2. The molecule has 146 valence electrons. The average Bonchev–Trinajstić information content (AvgIpc) is 2.63. The zero-order valence-corrected chi connectivity index (χ0v) is 18.1. The van der Waals surface area contributed by atoms with Crippen LogP contribution < -0.4 is 43.1 Å². The molecule has 3 rings (SSSR count). The van der Waals surface area contributed by atoms with E-state index in [-0.39, 0.29) is 34.0 Å². The Hall–Kier alpha value is -2.58. The molecule has 0 radical (unpaired) electrons. The van der Waals surface area contributed by atoms with E-state index in [1.54, 1.807) is 0 Å². The van der Waals surface area contributed by atoms with Crippen LogP contribution in [-0.4, -0.2) is 22.8 Å². The van der Waals surface area contributed by atoms with Gasteiger partial charge in [-0.05, 0) is 18.2 Å². The monoisotopic (exact) mass is 506 g/mol. The second-order valence-electron chi connectivity index (χ2n) is 5.93. The maximum atomic E-state index is 8.67. The highest BCUT2D eigenvalue weighted by Crippen LogP contribution is 2.05. The number of benzene rings is 1. The molecule has 3 aromatic rings. The number of hydrogen-bond donors (Lipinski definition) is 2. The Bertz CT molecular complexity index is 876. The van der Waals surface area contributed by atoms with E-state index in [1.165, 1.54) is 23.6 Å². The largest absolute Gasteiger partial charge is 1.00 e. The van der Waals surface area contributed by atoms with Gasteiger partial charge >= 0.3 is 0 Å². The summed E-state index contributed by atoms with van der Waals surface area (Å²) in [6.07, 6.45) is 10.6. The van der Waals surface area contributed by atoms with Crippen molar-refractivity contribution in [1.82, 2.24) is 0 Å². The summed E-state index contributed by atoms with van der Waals surface area (Å²) in [7, 11) is 0. The molecule has 0 saturated carbocycles. The standard InChI is InChI=1S/C20H18N4O2.2BrH/c25-21-11-19-6-2-8-23(15-19)13-17-4-1-5-18(10-17)14-24-9-3-7-20(16-24)12-22-26;;/h1-12,15-16H,13-14H2;2*1H/b21-11+,22-12+;;. The van der Waals surface area contributed by atoms with Gasteiger partial charge in [-0.1, -0.05) is 28.5 Å². The van der Waals surface area contributed by atoms with Gasteiger partial charge in [-0.25, -0.2) is 9.13 Å². The number of rotatable bonds is 6. The molecule has 0 aliphatic heterocycles. The summed E-state index contributed by atoms with van der Waals surface area (Å²) >= 11 is 0. The first-order valence-electron chi connectivity index (χ1n) is 8.18. The third-order valence-corrected chi connectivity index (χ3v) is 3.90. The molecule has 8 heteroatoms.